The van der Waals surface area contributed by atoms with Crippen LogP contribution in [0.5, 0.6) is 0 Å². The molecule has 2 aliphatic carbocycles. The molecule has 6 nitrogen and oxygen atoms in total. The molecule has 0 spiro atoms. The Morgan fingerprint density at radius 1 is 1.31 bits per heavy atom. The van der Waals surface area contributed by atoms with Crippen molar-refractivity contribution in [1.82, 2.24) is 15.5 Å². The zero-order chi connectivity index (χ0) is 18.7. The predicted molar refractivity (Wildman–Crippen MR) is 95.4 cm³/mol. The normalized spacial score (nSPS) is 24.5. The molecule has 26 heavy (non-hydrogen) atoms. The Hall–Kier alpha value is -2.15. The summed E-state index contributed by atoms with van der Waals surface area (Å²) in [4.78, 5) is 25.1. The van der Waals surface area contributed by atoms with Gasteiger partial charge in [-0.3, -0.25) is 9.69 Å². The molecule has 2 aliphatic rings. The first-order chi connectivity index (χ1) is 12.5. The third kappa shape index (κ3) is 4.33. The van der Waals surface area contributed by atoms with Crippen LogP contribution in [0.25, 0.3) is 0 Å². The average molecular weight is 363 g/mol. The van der Waals surface area contributed by atoms with Crippen LogP contribution in [0.3, 0.4) is 0 Å². The zero-order valence-electron chi connectivity index (χ0n) is 15.0. The number of carboxylic acids is 1. The Labute approximate surface area is 152 Å². The predicted octanol–water partition coefficient (Wildman–Crippen LogP) is 2.44. The van der Waals surface area contributed by atoms with E-state index in [4.69, 9.17) is 5.11 Å². The molecule has 1 saturated carbocycles. The number of carboxylic acid groups (broad SMARTS) is 1. The van der Waals surface area contributed by atoms with Gasteiger partial charge in [-0.1, -0.05) is 13.0 Å². The zero-order valence-corrected chi connectivity index (χ0v) is 15.0. The fraction of sp³-hybridized carbons (Fsp3) is 0.579. The first-order valence-electron chi connectivity index (χ1n) is 9.27. The standard InChI is InChI=1S/C19H26FN3O3/c1-2-23(11-18(24)25)15-9-14(10-15)21-19(26)22-17-5-3-4-12-6-7-13(20)8-16(12)17/h6-8,14-15,17H,2-5,9-11H2,1H3,(H,24,25)(H2,21,22,26)/t14?,15?,17-/m0/s1. The summed E-state index contributed by atoms with van der Waals surface area (Å²) in [6.07, 6.45) is 4.19. The van der Waals surface area contributed by atoms with Crippen LogP contribution in [-0.2, 0) is 11.2 Å². The summed E-state index contributed by atoms with van der Waals surface area (Å²) in [5, 5.41) is 14.8. The van der Waals surface area contributed by atoms with E-state index in [0.29, 0.717) is 6.54 Å². The van der Waals surface area contributed by atoms with Crippen LogP contribution in [0.2, 0.25) is 0 Å². The second-order valence-corrected chi connectivity index (χ2v) is 7.18. The van der Waals surface area contributed by atoms with Crippen LogP contribution in [0, 0.1) is 5.82 Å². The van der Waals surface area contributed by atoms with Crippen LogP contribution < -0.4 is 10.6 Å². The van der Waals surface area contributed by atoms with Crippen molar-refractivity contribution in [2.45, 2.75) is 57.2 Å². The number of halogens is 1. The molecule has 2 amide bonds. The van der Waals surface area contributed by atoms with Gasteiger partial charge in [-0.15, -0.1) is 0 Å². The molecule has 1 aromatic rings. The van der Waals surface area contributed by atoms with E-state index >= 15 is 0 Å². The maximum Gasteiger partial charge on any atom is 0.317 e. The Balaban J connectivity index is 1.49. The minimum Gasteiger partial charge on any atom is -0.480 e. The smallest absolute Gasteiger partial charge is 0.317 e. The van der Waals surface area contributed by atoms with Gasteiger partial charge in [0.15, 0.2) is 0 Å². The lowest BCUT2D eigenvalue weighted by molar-refractivity contribution is -0.139. The number of fused-ring (bicyclic) bond motifs is 1. The van der Waals surface area contributed by atoms with Crippen molar-refractivity contribution in [3.63, 3.8) is 0 Å². The number of hydrogen-bond acceptors (Lipinski definition) is 3. The molecule has 0 radical (unpaired) electrons. The topological polar surface area (TPSA) is 81.7 Å². The SMILES string of the molecule is CCN(CC(=O)O)C1CC(NC(=O)N[C@H]2CCCc3ccc(F)cc32)C1. The molecule has 3 rings (SSSR count). The van der Waals surface area contributed by atoms with Gasteiger partial charge >= 0.3 is 12.0 Å². The Kier molecular flexibility index (Phi) is 5.76. The van der Waals surface area contributed by atoms with Crippen molar-refractivity contribution in [3.8, 4) is 0 Å². The molecule has 7 heteroatoms. The van der Waals surface area contributed by atoms with Gasteiger partial charge in [-0.05, 0) is 61.9 Å². The number of benzene rings is 1. The molecule has 0 heterocycles. The monoisotopic (exact) mass is 363 g/mol. The molecular formula is C19H26FN3O3. The number of aryl methyl sites for hydroxylation is 1. The van der Waals surface area contributed by atoms with Crippen molar-refractivity contribution < 1.29 is 19.1 Å². The summed E-state index contributed by atoms with van der Waals surface area (Å²) in [5.74, 6) is -1.11. The van der Waals surface area contributed by atoms with Crippen molar-refractivity contribution in [2.24, 2.45) is 0 Å². The molecule has 1 fully saturated rings. The first kappa shape index (κ1) is 18.6. The second kappa shape index (κ2) is 8.03. The summed E-state index contributed by atoms with van der Waals surface area (Å²) in [6.45, 7) is 2.65. The molecule has 0 bridgehead atoms. The fourth-order valence-electron chi connectivity index (χ4n) is 3.98. The van der Waals surface area contributed by atoms with E-state index in [1.807, 2.05) is 11.8 Å². The molecule has 0 aliphatic heterocycles. The van der Waals surface area contributed by atoms with Gasteiger partial charge in [-0.2, -0.15) is 0 Å². The summed E-state index contributed by atoms with van der Waals surface area (Å²) in [6, 6.07) is 4.64. The highest BCUT2D eigenvalue weighted by atomic mass is 19.1. The van der Waals surface area contributed by atoms with Gasteiger partial charge in [0.2, 0.25) is 0 Å². The quantitative estimate of drug-likeness (QED) is 0.725. The lowest BCUT2D eigenvalue weighted by Crippen LogP contribution is -2.56. The number of urea groups is 1. The van der Waals surface area contributed by atoms with E-state index in [0.717, 1.165) is 43.2 Å². The van der Waals surface area contributed by atoms with Crippen molar-refractivity contribution in [2.75, 3.05) is 13.1 Å². The molecular weight excluding hydrogens is 337 g/mol. The largest absolute Gasteiger partial charge is 0.480 e. The van der Waals surface area contributed by atoms with E-state index in [-0.39, 0.29) is 36.5 Å². The maximum atomic E-state index is 13.5. The highest BCUT2D eigenvalue weighted by Crippen LogP contribution is 2.30. The van der Waals surface area contributed by atoms with Crippen LogP contribution in [0.15, 0.2) is 18.2 Å². The fourth-order valence-corrected chi connectivity index (χ4v) is 3.98. The lowest BCUT2D eigenvalue weighted by atomic mass is 9.85. The van der Waals surface area contributed by atoms with Gasteiger partial charge in [-0.25, -0.2) is 9.18 Å². The van der Waals surface area contributed by atoms with Gasteiger partial charge in [0.25, 0.3) is 0 Å². The van der Waals surface area contributed by atoms with E-state index in [1.54, 1.807) is 6.07 Å². The lowest BCUT2D eigenvalue weighted by Gasteiger charge is -2.42. The van der Waals surface area contributed by atoms with Crippen LogP contribution in [0.4, 0.5) is 9.18 Å². The number of nitrogens with zero attached hydrogens (tertiary/aromatic N) is 1. The van der Waals surface area contributed by atoms with Gasteiger partial charge < -0.3 is 15.7 Å². The molecule has 1 atom stereocenters. The van der Waals surface area contributed by atoms with Crippen LogP contribution >= 0.6 is 0 Å². The van der Waals surface area contributed by atoms with Crippen molar-refractivity contribution >= 4 is 12.0 Å². The van der Waals surface area contributed by atoms with Gasteiger partial charge in [0.1, 0.15) is 5.82 Å². The number of carbonyl (C=O) groups excluding carboxylic acids is 1. The van der Waals surface area contributed by atoms with E-state index in [9.17, 15) is 14.0 Å². The average Bonchev–Trinajstić information content (AvgIpc) is 2.56. The number of carbonyl (C=O) groups is 2. The molecule has 0 unspecified atom stereocenters. The second-order valence-electron chi connectivity index (χ2n) is 7.18. The van der Waals surface area contributed by atoms with Crippen molar-refractivity contribution in [3.05, 3.63) is 35.1 Å². The number of amides is 2. The van der Waals surface area contributed by atoms with E-state index in [1.165, 1.54) is 12.1 Å². The molecule has 1 aromatic carbocycles. The number of hydrogen-bond donors (Lipinski definition) is 3. The molecule has 3 N–H and O–H groups in total. The van der Waals surface area contributed by atoms with E-state index in [2.05, 4.69) is 10.6 Å². The Bertz CT molecular complexity index is 676. The summed E-state index contributed by atoms with van der Waals surface area (Å²) in [7, 11) is 0. The van der Waals surface area contributed by atoms with Crippen molar-refractivity contribution in [1.29, 1.82) is 0 Å². The molecule has 0 aromatic heterocycles. The van der Waals surface area contributed by atoms with Crippen LogP contribution in [-0.4, -0.2) is 47.2 Å². The van der Waals surface area contributed by atoms with Crippen LogP contribution in [0.1, 0.15) is 49.8 Å². The molecule has 0 saturated heterocycles. The van der Waals surface area contributed by atoms with Gasteiger partial charge in [0, 0.05) is 12.1 Å². The van der Waals surface area contributed by atoms with Gasteiger partial charge in [0.05, 0.1) is 12.6 Å². The third-order valence-electron chi connectivity index (χ3n) is 5.44. The highest BCUT2D eigenvalue weighted by Gasteiger charge is 2.35. The number of rotatable bonds is 6. The third-order valence-corrected chi connectivity index (χ3v) is 5.44. The minimum atomic E-state index is -0.829. The Morgan fingerprint density at radius 3 is 2.77 bits per heavy atom. The number of aliphatic carboxylic acids is 1. The first-order valence-corrected chi connectivity index (χ1v) is 9.27. The Morgan fingerprint density at radius 2 is 2.08 bits per heavy atom. The number of likely N-dealkylation sites (N-methyl/N-ethyl adjacent to an activating group) is 1. The summed E-state index contributed by atoms with van der Waals surface area (Å²) >= 11 is 0. The molecule has 142 valence electrons. The highest BCUT2D eigenvalue weighted by molar-refractivity contribution is 5.75. The summed E-state index contributed by atoms with van der Waals surface area (Å²) < 4.78 is 13.5. The number of nitrogens with one attached hydrogen (secondary N) is 2. The minimum absolute atomic E-state index is 0.0322. The van der Waals surface area contributed by atoms with E-state index < -0.39 is 5.97 Å². The maximum absolute atomic E-state index is 13.5. The summed E-state index contributed by atoms with van der Waals surface area (Å²) in [5.41, 5.74) is 1.97.